The lowest BCUT2D eigenvalue weighted by Gasteiger charge is -2.31. The summed E-state index contributed by atoms with van der Waals surface area (Å²) in [4.78, 5) is 20.5. The molecule has 0 bridgehead atoms. The van der Waals surface area contributed by atoms with Gasteiger partial charge in [-0.3, -0.25) is 10.1 Å². The van der Waals surface area contributed by atoms with E-state index in [1.165, 1.54) is 6.42 Å². The van der Waals surface area contributed by atoms with E-state index in [1.807, 2.05) is 13.8 Å². The van der Waals surface area contributed by atoms with Crippen LogP contribution in [0.4, 0.5) is 5.95 Å². The summed E-state index contributed by atoms with van der Waals surface area (Å²) in [6, 6.07) is 1.67. The van der Waals surface area contributed by atoms with Gasteiger partial charge in [-0.2, -0.15) is 0 Å². The molecule has 0 atom stereocenters. The molecule has 0 aliphatic heterocycles. The SMILES string of the molecule is Cc1cc(Cl)nc(NC(=O)C2(C)CCCCC2)n1. The van der Waals surface area contributed by atoms with E-state index < -0.39 is 0 Å². The van der Waals surface area contributed by atoms with Crippen molar-refractivity contribution in [1.82, 2.24) is 9.97 Å². The van der Waals surface area contributed by atoms with Crippen LogP contribution in [0, 0.1) is 12.3 Å². The zero-order valence-corrected chi connectivity index (χ0v) is 11.5. The molecule has 1 aromatic heterocycles. The van der Waals surface area contributed by atoms with Crippen LogP contribution in [0.2, 0.25) is 5.15 Å². The first-order chi connectivity index (χ1) is 8.49. The number of rotatable bonds is 2. The average molecular weight is 268 g/mol. The van der Waals surface area contributed by atoms with Crippen LogP contribution in [0.1, 0.15) is 44.7 Å². The monoisotopic (exact) mass is 267 g/mol. The summed E-state index contributed by atoms with van der Waals surface area (Å²) >= 11 is 5.85. The van der Waals surface area contributed by atoms with Crippen LogP contribution in [-0.2, 0) is 4.79 Å². The third-order valence-electron chi connectivity index (χ3n) is 3.55. The standard InChI is InChI=1S/C13H18ClN3O/c1-9-8-10(14)16-12(15-9)17-11(18)13(2)6-4-3-5-7-13/h8H,3-7H2,1-2H3,(H,15,16,17,18). The number of nitrogens with one attached hydrogen (secondary N) is 1. The molecule has 0 unspecified atom stereocenters. The Kier molecular flexibility index (Phi) is 3.85. The van der Waals surface area contributed by atoms with Gasteiger partial charge in [-0.05, 0) is 25.8 Å². The number of carbonyl (C=O) groups is 1. The predicted molar refractivity (Wildman–Crippen MR) is 71.6 cm³/mol. The van der Waals surface area contributed by atoms with Gasteiger partial charge in [-0.25, -0.2) is 9.97 Å². The van der Waals surface area contributed by atoms with E-state index in [0.29, 0.717) is 11.1 Å². The highest BCUT2D eigenvalue weighted by atomic mass is 35.5. The Hall–Kier alpha value is -1.16. The molecule has 1 amide bonds. The van der Waals surface area contributed by atoms with E-state index in [9.17, 15) is 4.79 Å². The Balaban J connectivity index is 2.10. The number of nitrogens with zero attached hydrogens (tertiary/aromatic N) is 2. The number of amides is 1. The van der Waals surface area contributed by atoms with E-state index >= 15 is 0 Å². The lowest BCUT2D eigenvalue weighted by Crippen LogP contribution is -2.35. The quantitative estimate of drug-likeness (QED) is 0.836. The van der Waals surface area contributed by atoms with Gasteiger partial charge in [-0.1, -0.05) is 37.8 Å². The molecule has 0 saturated heterocycles. The summed E-state index contributed by atoms with van der Waals surface area (Å²) < 4.78 is 0. The molecule has 4 nitrogen and oxygen atoms in total. The third-order valence-corrected chi connectivity index (χ3v) is 3.75. The second-order valence-electron chi connectivity index (χ2n) is 5.23. The third kappa shape index (κ3) is 2.99. The maximum atomic E-state index is 12.3. The van der Waals surface area contributed by atoms with E-state index in [1.54, 1.807) is 6.07 Å². The molecule has 5 heteroatoms. The van der Waals surface area contributed by atoms with Crippen molar-refractivity contribution >= 4 is 23.5 Å². The number of carbonyl (C=O) groups excluding carboxylic acids is 1. The Bertz CT molecular complexity index is 435. The van der Waals surface area contributed by atoms with Crippen molar-refractivity contribution < 1.29 is 4.79 Å². The Morgan fingerprint density at radius 2 is 2.00 bits per heavy atom. The summed E-state index contributed by atoms with van der Waals surface area (Å²) in [5.41, 5.74) is 0.455. The van der Waals surface area contributed by atoms with E-state index in [2.05, 4.69) is 15.3 Å². The van der Waals surface area contributed by atoms with Crippen molar-refractivity contribution in [3.63, 3.8) is 0 Å². The molecule has 1 saturated carbocycles. The van der Waals surface area contributed by atoms with Crippen LogP contribution in [-0.4, -0.2) is 15.9 Å². The van der Waals surface area contributed by atoms with Crippen LogP contribution in [0.15, 0.2) is 6.07 Å². The van der Waals surface area contributed by atoms with Crippen molar-refractivity contribution in [1.29, 1.82) is 0 Å². The number of hydrogen-bond donors (Lipinski definition) is 1. The fourth-order valence-electron chi connectivity index (χ4n) is 2.40. The molecule has 1 fully saturated rings. The Morgan fingerprint density at radius 1 is 1.33 bits per heavy atom. The van der Waals surface area contributed by atoms with E-state index in [0.717, 1.165) is 31.4 Å². The first-order valence-electron chi connectivity index (χ1n) is 6.32. The van der Waals surface area contributed by atoms with Crippen LogP contribution < -0.4 is 5.32 Å². The van der Waals surface area contributed by atoms with E-state index in [4.69, 9.17) is 11.6 Å². The molecule has 18 heavy (non-hydrogen) atoms. The minimum Gasteiger partial charge on any atom is -0.294 e. The smallest absolute Gasteiger partial charge is 0.232 e. The molecule has 2 rings (SSSR count). The Morgan fingerprint density at radius 3 is 2.61 bits per heavy atom. The van der Waals surface area contributed by atoms with Crippen molar-refractivity contribution in [2.24, 2.45) is 5.41 Å². The molecule has 0 aromatic carbocycles. The summed E-state index contributed by atoms with van der Waals surface area (Å²) in [5, 5.41) is 3.14. The first-order valence-corrected chi connectivity index (χ1v) is 6.70. The molecule has 0 spiro atoms. The number of anilines is 1. The maximum Gasteiger partial charge on any atom is 0.232 e. The predicted octanol–water partition coefficient (Wildman–Crippen LogP) is 3.35. The molecule has 1 heterocycles. The van der Waals surface area contributed by atoms with Gasteiger partial charge < -0.3 is 0 Å². The fourth-order valence-corrected chi connectivity index (χ4v) is 2.64. The van der Waals surface area contributed by atoms with Crippen LogP contribution in [0.5, 0.6) is 0 Å². The van der Waals surface area contributed by atoms with Crippen molar-refractivity contribution in [3.05, 3.63) is 16.9 Å². The highest BCUT2D eigenvalue weighted by molar-refractivity contribution is 6.29. The maximum absolute atomic E-state index is 12.3. The van der Waals surface area contributed by atoms with Gasteiger partial charge in [0.2, 0.25) is 11.9 Å². The molecule has 98 valence electrons. The minimum absolute atomic E-state index is 0.00358. The summed E-state index contributed by atoms with van der Waals surface area (Å²) in [5.74, 6) is 0.306. The summed E-state index contributed by atoms with van der Waals surface area (Å²) in [7, 11) is 0. The van der Waals surface area contributed by atoms with Crippen LogP contribution in [0.3, 0.4) is 0 Å². The van der Waals surface area contributed by atoms with Crippen molar-refractivity contribution in [3.8, 4) is 0 Å². The second kappa shape index (κ2) is 5.22. The molecule has 1 aromatic rings. The molecular formula is C13H18ClN3O. The Labute approximate surface area is 112 Å². The molecule has 0 radical (unpaired) electrons. The normalized spacial score (nSPS) is 18.4. The van der Waals surface area contributed by atoms with Gasteiger partial charge in [0.25, 0.3) is 0 Å². The second-order valence-corrected chi connectivity index (χ2v) is 5.62. The lowest BCUT2D eigenvalue weighted by molar-refractivity contribution is -0.126. The number of hydrogen-bond acceptors (Lipinski definition) is 3. The lowest BCUT2D eigenvalue weighted by atomic mass is 9.75. The average Bonchev–Trinajstić information content (AvgIpc) is 2.28. The van der Waals surface area contributed by atoms with Gasteiger partial charge in [0.1, 0.15) is 5.15 Å². The topological polar surface area (TPSA) is 54.9 Å². The van der Waals surface area contributed by atoms with Gasteiger partial charge in [-0.15, -0.1) is 0 Å². The fraction of sp³-hybridized carbons (Fsp3) is 0.615. The molecule has 1 N–H and O–H groups in total. The minimum atomic E-state index is -0.294. The van der Waals surface area contributed by atoms with Gasteiger partial charge in [0.05, 0.1) is 0 Å². The van der Waals surface area contributed by atoms with Gasteiger partial charge in [0.15, 0.2) is 0 Å². The first kappa shape index (κ1) is 13.3. The molecular weight excluding hydrogens is 250 g/mol. The van der Waals surface area contributed by atoms with E-state index in [-0.39, 0.29) is 11.3 Å². The molecule has 1 aliphatic carbocycles. The number of aromatic nitrogens is 2. The number of aryl methyl sites for hydroxylation is 1. The summed E-state index contributed by atoms with van der Waals surface area (Å²) in [6.45, 7) is 3.84. The van der Waals surface area contributed by atoms with Gasteiger partial charge in [0, 0.05) is 11.1 Å². The van der Waals surface area contributed by atoms with Crippen molar-refractivity contribution in [2.45, 2.75) is 46.0 Å². The van der Waals surface area contributed by atoms with Crippen molar-refractivity contribution in [2.75, 3.05) is 5.32 Å². The zero-order chi connectivity index (χ0) is 13.2. The summed E-state index contributed by atoms with van der Waals surface area (Å²) in [6.07, 6.45) is 5.30. The zero-order valence-electron chi connectivity index (χ0n) is 10.8. The van der Waals surface area contributed by atoms with Crippen LogP contribution >= 0.6 is 11.6 Å². The van der Waals surface area contributed by atoms with Gasteiger partial charge >= 0.3 is 0 Å². The van der Waals surface area contributed by atoms with Crippen LogP contribution in [0.25, 0.3) is 0 Å². The molecule has 1 aliphatic rings. The highest BCUT2D eigenvalue weighted by Gasteiger charge is 2.34. The number of halogens is 1. The largest absolute Gasteiger partial charge is 0.294 e. The highest BCUT2D eigenvalue weighted by Crippen LogP contribution is 2.36.